The lowest BCUT2D eigenvalue weighted by Gasteiger charge is -2.25. The lowest BCUT2D eigenvalue weighted by atomic mass is 10.1. The predicted octanol–water partition coefficient (Wildman–Crippen LogP) is 4.25. The molecule has 1 aliphatic rings. The molecule has 36 heavy (non-hydrogen) atoms. The Labute approximate surface area is 204 Å². The standard InChI is InChI=1S/C21H17F5N8OS/c1-4-33(20(10-28)5-6-20)18(35)11-7-13(36-14(11)8-27)12-9-34(31-29-12)17-15(21(24,25)26)16(19(2,22)23)30-32(17)3/h7,9H,4-6H2,1-3H3. The third-order valence-corrected chi connectivity index (χ3v) is 6.82. The second-order valence-corrected chi connectivity index (χ2v) is 9.32. The van der Waals surface area contributed by atoms with Crippen LogP contribution in [0.4, 0.5) is 22.0 Å². The van der Waals surface area contributed by atoms with E-state index in [1.165, 1.54) is 11.0 Å². The van der Waals surface area contributed by atoms with Gasteiger partial charge in [0.15, 0.2) is 5.82 Å². The molecule has 1 fully saturated rings. The summed E-state index contributed by atoms with van der Waals surface area (Å²) in [5.74, 6) is -5.17. The number of alkyl halides is 5. The SMILES string of the molecule is CCN(C(=O)c1cc(-c2cn(-c3c(C(F)(F)F)c(C(C)(F)F)nn3C)nn2)sc1C#N)C1(C#N)CC1. The second kappa shape index (κ2) is 8.37. The highest BCUT2D eigenvalue weighted by molar-refractivity contribution is 7.16. The average molecular weight is 524 g/mol. The molecular weight excluding hydrogens is 507 g/mol. The molecule has 1 aliphatic carbocycles. The molecule has 4 rings (SSSR count). The van der Waals surface area contributed by atoms with Crippen molar-refractivity contribution in [2.45, 2.75) is 44.3 Å². The summed E-state index contributed by atoms with van der Waals surface area (Å²) in [5.41, 5.74) is -3.99. The number of aromatic nitrogens is 5. The molecule has 0 atom stereocenters. The highest BCUT2D eigenvalue weighted by Crippen LogP contribution is 2.44. The molecule has 1 saturated carbocycles. The van der Waals surface area contributed by atoms with Crippen LogP contribution in [0.25, 0.3) is 16.4 Å². The fraction of sp³-hybridized carbons (Fsp3) is 0.429. The molecule has 3 heterocycles. The molecule has 3 aromatic rings. The Morgan fingerprint density at radius 3 is 2.44 bits per heavy atom. The number of hydrogen-bond acceptors (Lipinski definition) is 7. The Hall–Kier alpha value is -3.85. The minimum atomic E-state index is -5.16. The molecular formula is C21H17F5N8OS. The zero-order chi connectivity index (χ0) is 26.6. The van der Waals surface area contributed by atoms with E-state index in [0.29, 0.717) is 29.1 Å². The van der Waals surface area contributed by atoms with Gasteiger partial charge in [-0.05, 0) is 25.8 Å². The molecule has 0 aromatic carbocycles. The van der Waals surface area contributed by atoms with Crippen molar-refractivity contribution in [1.29, 1.82) is 10.5 Å². The topological polar surface area (TPSA) is 116 Å². The number of aryl methyl sites for hydroxylation is 1. The van der Waals surface area contributed by atoms with Gasteiger partial charge < -0.3 is 4.90 Å². The van der Waals surface area contributed by atoms with Crippen LogP contribution in [0.15, 0.2) is 12.3 Å². The van der Waals surface area contributed by atoms with Crippen LogP contribution < -0.4 is 0 Å². The van der Waals surface area contributed by atoms with Gasteiger partial charge in [0.05, 0.1) is 22.7 Å². The van der Waals surface area contributed by atoms with E-state index in [-0.39, 0.29) is 27.6 Å². The Morgan fingerprint density at radius 2 is 1.94 bits per heavy atom. The summed E-state index contributed by atoms with van der Waals surface area (Å²) < 4.78 is 70.3. The maximum Gasteiger partial charge on any atom is 0.422 e. The summed E-state index contributed by atoms with van der Waals surface area (Å²) in [6.45, 7) is 2.26. The number of rotatable bonds is 6. The zero-order valence-corrected chi connectivity index (χ0v) is 19.9. The largest absolute Gasteiger partial charge is 0.422 e. The zero-order valence-electron chi connectivity index (χ0n) is 19.1. The van der Waals surface area contributed by atoms with Gasteiger partial charge in [-0.2, -0.15) is 37.6 Å². The molecule has 0 aliphatic heterocycles. The summed E-state index contributed by atoms with van der Waals surface area (Å²) in [6.07, 6.45) is -3.06. The summed E-state index contributed by atoms with van der Waals surface area (Å²) in [5, 5.41) is 29.9. The Balaban J connectivity index is 1.77. The van der Waals surface area contributed by atoms with Crippen LogP contribution in [-0.2, 0) is 19.1 Å². The van der Waals surface area contributed by atoms with Crippen LogP contribution in [-0.4, -0.2) is 47.7 Å². The number of carbonyl (C=O) groups excluding carboxylic acids is 1. The monoisotopic (exact) mass is 524 g/mol. The lowest BCUT2D eigenvalue weighted by Crippen LogP contribution is -2.41. The van der Waals surface area contributed by atoms with Crippen LogP contribution in [0, 0.1) is 22.7 Å². The smallest absolute Gasteiger partial charge is 0.320 e. The molecule has 9 nitrogen and oxygen atoms in total. The quantitative estimate of drug-likeness (QED) is 0.445. The van der Waals surface area contributed by atoms with Crippen molar-refractivity contribution in [3.05, 3.63) is 34.0 Å². The van der Waals surface area contributed by atoms with Crippen molar-refractivity contribution in [3.63, 3.8) is 0 Å². The van der Waals surface area contributed by atoms with Gasteiger partial charge in [0, 0.05) is 20.5 Å². The van der Waals surface area contributed by atoms with E-state index in [1.807, 2.05) is 6.07 Å². The first-order valence-corrected chi connectivity index (χ1v) is 11.3. The van der Waals surface area contributed by atoms with Gasteiger partial charge >= 0.3 is 6.18 Å². The molecule has 0 N–H and O–H groups in total. The fourth-order valence-corrected chi connectivity index (χ4v) is 4.83. The van der Waals surface area contributed by atoms with E-state index in [1.54, 1.807) is 6.92 Å². The number of nitrogens with zero attached hydrogens (tertiary/aromatic N) is 8. The van der Waals surface area contributed by atoms with Crippen LogP contribution >= 0.6 is 11.3 Å². The van der Waals surface area contributed by atoms with E-state index in [4.69, 9.17) is 0 Å². The summed E-state index contributed by atoms with van der Waals surface area (Å²) >= 11 is 0.867. The summed E-state index contributed by atoms with van der Waals surface area (Å²) in [7, 11) is 1.07. The molecule has 188 valence electrons. The molecule has 0 unspecified atom stereocenters. The van der Waals surface area contributed by atoms with E-state index in [9.17, 15) is 37.3 Å². The molecule has 3 aromatic heterocycles. The molecule has 15 heteroatoms. The van der Waals surface area contributed by atoms with Crippen molar-refractivity contribution in [3.8, 4) is 28.5 Å². The maximum atomic E-state index is 13.9. The molecule has 0 bridgehead atoms. The Kier molecular flexibility index (Phi) is 5.87. The molecule has 1 amide bonds. The highest BCUT2D eigenvalue weighted by atomic mass is 32.1. The van der Waals surface area contributed by atoms with Crippen LogP contribution in [0.5, 0.6) is 0 Å². The Bertz CT molecular complexity index is 1430. The normalized spacial score (nSPS) is 14.8. The van der Waals surface area contributed by atoms with E-state index in [0.717, 1.165) is 24.6 Å². The number of carbonyl (C=O) groups is 1. The summed E-state index contributed by atoms with van der Waals surface area (Å²) in [6, 6.07) is 5.41. The second-order valence-electron chi connectivity index (χ2n) is 8.26. The average Bonchev–Trinajstić information content (AvgIpc) is 3.15. The van der Waals surface area contributed by atoms with E-state index >= 15 is 0 Å². The molecule has 0 saturated heterocycles. The third kappa shape index (κ3) is 4.09. The van der Waals surface area contributed by atoms with Gasteiger partial charge in [-0.15, -0.1) is 16.4 Å². The molecule has 0 radical (unpaired) electrons. The highest BCUT2D eigenvalue weighted by Gasteiger charge is 2.51. The number of amides is 1. The van der Waals surface area contributed by atoms with Gasteiger partial charge in [-0.3, -0.25) is 4.79 Å². The van der Waals surface area contributed by atoms with E-state index < -0.39 is 40.6 Å². The van der Waals surface area contributed by atoms with Crippen LogP contribution in [0.1, 0.15) is 53.2 Å². The predicted molar refractivity (Wildman–Crippen MR) is 115 cm³/mol. The first kappa shape index (κ1) is 25.2. The number of hydrogen-bond donors (Lipinski definition) is 0. The van der Waals surface area contributed by atoms with Gasteiger partial charge in [0.25, 0.3) is 11.8 Å². The molecule has 0 spiro atoms. The van der Waals surface area contributed by atoms with Crippen LogP contribution in [0.3, 0.4) is 0 Å². The van der Waals surface area contributed by atoms with Gasteiger partial charge in [0.2, 0.25) is 0 Å². The minimum Gasteiger partial charge on any atom is -0.320 e. The Morgan fingerprint density at radius 1 is 1.28 bits per heavy atom. The van der Waals surface area contributed by atoms with Gasteiger partial charge in [-0.25, -0.2) is 9.36 Å². The minimum absolute atomic E-state index is 0.0131. The van der Waals surface area contributed by atoms with Gasteiger partial charge in [-0.1, -0.05) is 5.21 Å². The van der Waals surface area contributed by atoms with Crippen LogP contribution in [0.2, 0.25) is 0 Å². The van der Waals surface area contributed by atoms with Crippen molar-refractivity contribution in [1.82, 2.24) is 29.7 Å². The van der Waals surface area contributed by atoms with Gasteiger partial charge in [0.1, 0.15) is 33.4 Å². The maximum absolute atomic E-state index is 13.9. The number of halogens is 5. The number of thiophene rings is 1. The number of nitriles is 2. The van der Waals surface area contributed by atoms with Crippen molar-refractivity contribution >= 4 is 17.2 Å². The van der Waals surface area contributed by atoms with E-state index in [2.05, 4.69) is 21.5 Å². The van der Waals surface area contributed by atoms with Crippen molar-refractivity contribution in [2.24, 2.45) is 7.05 Å². The van der Waals surface area contributed by atoms with Crippen molar-refractivity contribution in [2.75, 3.05) is 6.54 Å². The summed E-state index contributed by atoms with van der Waals surface area (Å²) in [4.78, 5) is 14.8. The van der Waals surface area contributed by atoms with Crippen molar-refractivity contribution < 1.29 is 26.7 Å². The first-order valence-electron chi connectivity index (χ1n) is 10.5. The first-order chi connectivity index (χ1) is 16.8. The third-order valence-electron chi connectivity index (χ3n) is 5.75. The fourth-order valence-electron chi connectivity index (χ4n) is 3.93. The lowest BCUT2D eigenvalue weighted by molar-refractivity contribution is -0.141.